The number of likely N-dealkylation sites (tertiary alicyclic amines) is 1. The van der Waals surface area contributed by atoms with E-state index in [4.69, 9.17) is 5.11 Å². The number of benzene rings is 1. The summed E-state index contributed by atoms with van der Waals surface area (Å²) in [5.41, 5.74) is 1.49. The summed E-state index contributed by atoms with van der Waals surface area (Å²) < 4.78 is 0. The predicted octanol–water partition coefficient (Wildman–Crippen LogP) is 2.84. The number of carboxylic acids is 1. The quantitative estimate of drug-likeness (QED) is 0.831. The minimum atomic E-state index is -0.944. The van der Waals surface area contributed by atoms with Gasteiger partial charge in [-0.15, -0.1) is 0 Å². The van der Waals surface area contributed by atoms with Crippen LogP contribution < -0.4 is 5.32 Å². The molecule has 0 saturated carbocycles. The Hall–Kier alpha value is -1.88. The molecule has 138 valence electrons. The van der Waals surface area contributed by atoms with Gasteiger partial charge >= 0.3 is 5.97 Å². The molecule has 0 bridgehead atoms. The Morgan fingerprint density at radius 3 is 2.44 bits per heavy atom. The van der Waals surface area contributed by atoms with Gasteiger partial charge in [-0.25, -0.2) is 4.79 Å². The van der Waals surface area contributed by atoms with Crippen molar-refractivity contribution in [3.63, 3.8) is 0 Å². The highest BCUT2D eigenvalue weighted by atomic mass is 16.4. The minimum Gasteiger partial charge on any atom is -0.480 e. The number of carboxylic acid groups (broad SMARTS) is 1. The summed E-state index contributed by atoms with van der Waals surface area (Å²) in [4.78, 5) is 23.2. The van der Waals surface area contributed by atoms with E-state index in [1.165, 1.54) is 50.8 Å². The maximum Gasteiger partial charge on any atom is 0.326 e. The molecule has 0 aliphatic carbocycles. The molecule has 2 fully saturated rings. The molecule has 25 heavy (non-hydrogen) atoms. The van der Waals surface area contributed by atoms with Crippen LogP contribution in [0.25, 0.3) is 0 Å². The van der Waals surface area contributed by atoms with Gasteiger partial charge in [0.15, 0.2) is 0 Å². The molecule has 2 N–H and O–H groups in total. The van der Waals surface area contributed by atoms with Crippen molar-refractivity contribution in [3.05, 3.63) is 35.9 Å². The van der Waals surface area contributed by atoms with E-state index in [1.807, 2.05) is 0 Å². The highest BCUT2D eigenvalue weighted by Gasteiger charge is 2.26. The van der Waals surface area contributed by atoms with E-state index in [2.05, 4.69) is 47.5 Å². The van der Waals surface area contributed by atoms with Crippen molar-refractivity contribution in [1.29, 1.82) is 0 Å². The molecule has 1 amide bonds. The van der Waals surface area contributed by atoms with Crippen molar-refractivity contribution >= 4 is 11.9 Å². The minimum absolute atomic E-state index is 0.164. The molecule has 0 spiro atoms. The Kier molecular flexibility index (Phi) is 7.92. The Morgan fingerprint density at radius 1 is 1.28 bits per heavy atom. The molecule has 2 aliphatic heterocycles. The summed E-state index contributed by atoms with van der Waals surface area (Å²) in [7, 11) is 0. The number of aliphatic carboxylic acids is 1. The Labute approximate surface area is 150 Å². The fourth-order valence-electron chi connectivity index (χ4n) is 3.54. The van der Waals surface area contributed by atoms with Crippen LogP contribution >= 0.6 is 0 Å². The number of hydrogen-bond donors (Lipinski definition) is 2. The van der Waals surface area contributed by atoms with Gasteiger partial charge in [0.1, 0.15) is 6.04 Å². The number of carbonyl (C=O) groups excluding carboxylic acids is 1. The second-order valence-electron chi connectivity index (χ2n) is 6.87. The van der Waals surface area contributed by atoms with Gasteiger partial charge in [-0.1, -0.05) is 43.7 Å². The molecule has 5 nitrogen and oxygen atoms in total. The lowest BCUT2D eigenvalue weighted by Crippen LogP contribution is -2.34. The van der Waals surface area contributed by atoms with Crippen LogP contribution in [0.3, 0.4) is 0 Å². The summed E-state index contributed by atoms with van der Waals surface area (Å²) in [6.07, 6.45) is 7.44. The third kappa shape index (κ3) is 6.50. The third-order valence-electron chi connectivity index (χ3n) is 4.89. The average molecular weight is 346 g/mol. The first-order valence-corrected chi connectivity index (χ1v) is 9.40. The molecule has 2 saturated heterocycles. The highest BCUT2D eigenvalue weighted by Crippen LogP contribution is 2.19. The van der Waals surface area contributed by atoms with E-state index in [-0.39, 0.29) is 5.91 Å². The fraction of sp³-hybridized carbons (Fsp3) is 0.600. The summed E-state index contributed by atoms with van der Waals surface area (Å²) >= 11 is 0. The number of hydrogen-bond acceptors (Lipinski definition) is 3. The third-order valence-corrected chi connectivity index (χ3v) is 4.89. The molecule has 5 heteroatoms. The fourth-order valence-corrected chi connectivity index (χ4v) is 3.54. The molecule has 3 rings (SSSR count). The zero-order chi connectivity index (χ0) is 18.1. The van der Waals surface area contributed by atoms with Gasteiger partial charge in [0.25, 0.3) is 0 Å². The van der Waals surface area contributed by atoms with Gasteiger partial charge < -0.3 is 15.3 Å². The largest absolute Gasteiger partial charge is 0.480 e. The van der Waals surface area contributed by atoms with E-state index >= 15 is 0 Å². The van der Waals surface area contributed by atoms with Gasteiger partial charge in [-0.3, -0.25) is 4.79 Å². The lowest BCUT2D eigenvalue weighted by atomic mass is 10.0. The Balaban J connectivity index is 0.000000212. The second-order valence-corrected chi connectivity index (χ2v) is 6.87. The van der Waals surface area contributed by atoms with E-state index in [0.717, 1.165) is 6.04 Å². The number of nitrogens with zero attached hydrogens (tertiary/aromatic N) is 1. The lowest BCUT2D eigenvalue weighted by molar-refractivity contribution is -0.140. The zero-order valence-electron chi connectivity index (χ0n) is 15.1. The van der Waals surface area contributed by atoms with Crippen molar-refractivity contribution in [2.75, 3.05) is 13.1 Å². The molecule has 2 heterocycles. The van der Waals surface area contributed by atoms with E-state index in [0.29, 0.717) is 12.8 Å². The summed E-state index contributed by atoms with van der Waals surface area (Å²) in [6.45, 7) is 4.93. The van der Waals surface area contributed by atoms with Crippen LogP contribution in [0.5, 0.6) is 0 Å². The van der Waals surface area contributed by atoms with Crippen molar-refractivity contribution < 1.29 is 14.7 Å². The first kappa shape index (κ1) is 19.4. The first-order valence-electron chi connectivity index (χ1n) is 9.40. The van der Waals surface area contributed by atoms with E-state index < -0.39 is 12.0 Å². The van der Waals surface area contributed by atoms with E-state index in [9.17, 15) is 9.59 Å². The number of carbonyl (C=O) groups is 2. The molecule has 1 aromatic rings. The molecular formula is C20H30N2O3. The zero-order valence-corrected chi connectivity index (χ0v) is 15.1. The normalized spacial score (nSPS) is 21.3. The Bertz CT molecular complexity index is 541. The van der Waals surface area contributed by atoms with Gasteiger partial charge in [-0.05, 0) is 50.8 Å². The van der Waals surface area contributed by atoms with Gasteiger partial charge in [0.2, 0.25) is 5.91 Å². The van der Waals surface area contributed by atoms with Gasteiger partial charge in [0, 0.05) is 12.5 Å². The van der Waals surface area contributed by atoms with E-state index in [1.54, 1.807) is 0 Å². The van der Waals surface area contributed by atoms with Crippen LogP contribution in [-0.2, 0) is 16.0 Å². The maximum absolute atomic E-state index is 10.4. The number of rotatable bonds is 6. The summed E-state index contributed by atoms with van der Waals surface area (Å²) in [6, 6.07) is 11.1. The smallest absolute Gasteiger partial charge is 0.326 e. The van der Waals surface area contributed by atoms with Gasteiger partial charge in [-0.2, -0.15) is 0 Å². The van der Waals surface area contributed by atoms with Crippen molar-refractivity contribution in [2.45, 2.75) is 64.0 Å². The predicted molar refractivity (Wildman–Crippen MR) is 98.4 cm³/mol. The number of amides is 1. The summed E-state index contributed by atoms with van der Waals surface area (Å²) in [5.74, 6) is -1.11. The molecule has 2 aliphatic rings. The van der Waals surface area contributed by atoms with Crippen molar-refractivity contribution in [2.24, 2.45) is 0 Å². The monoisotopic (exact) mass is 346 g/mol. The van der Waals surface area contributed by atoms with Crippen LogP contribution in [0.2, 0.25) is 0 Å². The summed E-state index contributed by atoms with van der Waals surface area (Å²) in [5, 5.41) is 10.6. The molecule has 2 atom stereocenters. The lowest BCUT2D eigenvalue weighted by Gasteiger charge is -2.27. The standard InChI is InChI=1S/C15H23N.C5H7NO3/c1-2-8-15(16-11-6-7-12-16)13-14-9-4-3-5-10-14;7-4-2-1-3(6-4)5(8)9/h3-5,9-10,15H,2,6-8,11-13H2,1H3;3H,1-2H2,(H,6,7)(H,8,9)/t;3-/m.0/s1. The number of nitrogens with one attached hydrogen (secondary N) is 1. The topological polar surface area (TPSA) is 69.6 Å². The van der Waals surface area contributed by atoms with Crippen molar-refractivity contribution in [3.8, 4) is 0 Å². The Morgan fingerprint density at radius 2 is 1.96 bits per heavy atom. The average Bonchev–Trinajstić information content (AvgIpc) is 3.28. The second kappa shape index (κ2) is 10.2. The molecule has 0 aromatic heterocycles. The van der Waals surface area contributed by atoms with Crippen molar-refractivity contribution in [1.82, 2.24) is 10.2 Å². The molecule has 1 unspecified atom stereocenters. The SMILES string of the molecule is CCCC(Cc1ccccc1)N1CCCC1.O=C1CC[C@@H](C(=O)O)N1. The van der Waals surface area contributed by atoms with Crippen LogP contribution in [0.15, 0.2) is 30.3 Å². The van der Waals surface area contributed by atoms with Crippen LogP contribution in [0, 0.1) is 0 Å². The maximum atomic E-state index is 10.4. The molecular weight excluding hydrogens is 316 g/mol. The highest BCUT2D eigenvalue weighted by molar-refractivity contribution is 5.87. The molecule has 1 aromatic carbocycles. The van der Waals surface area contributed by atoms with Crippen LogP contribution in [-0.4, -0.2) is 47.1 Å². The first-order chi connectivity index (χ1) is 12.1. The van der Waals surface area contributed by atoms with Gasteiger partial charge in [0.05, 0.1) is 0 Å². The molecule has 0 radical (unpaired) electrons. The van der Waals surface area contributed by atoms with Crippen LogP contribution in [0.4, 0.5) is 0 Å². The van der Waals surface area contributed by atoms with Crippen LogP contribution in [0.1, 0.15) is 51.0 Å².